The van der Waals surface area contributed by atoms with Crippen molar-refractivity contribution < 1.29 is 13.2 Å². The van der Waals surface area contributed by atoms with Crippen molar-refractivity contribution in [2.75, 3.05) is 39.3 Å². The summed E-state index contributed by atoms with van der Waals surface area (Å²) in [5.41, 5.74) is 1.11. The number of aryl methyl sites for hydroxylation is 1. The number of piperidine rings is 1. The first-order chi connectivity index (χ1) is 15.4. The van der Waals surface area contributed by atoms with Gasteiger partial charge in [-0.05, 0) is 31.4 Å². The molecule has 8 nitrogen and oxygen atoms in total. The molecule has 2 aliphatic rings. The van der Waals surface area contributed by atoms with Crippen LogP contribution in [0.5, 0.6) is 0 Å². The molecule has 0 radical (unpaired) electrons. The van der Waals surface area contributed by atoms with Crippen LogP contribution in [-0.4, -0.2) is 77.7 Å². The quantitative estimate of drug-likeness (QED) is 0.570. The highest BCUT2D eigenvalue weighted by Crippen LogP contribution is 2.28. The maximum absolute atomic E-state index is 13.0. The Kier molecular flexibility index (Phi) is 7.46. The Hall–Kier alpha value is -1.59. The summed E-state index contributed by atoms with van der Waals surface area (Å²) >= 11 is 7.70. The van der Waals surface area contributed by atoms with Gasteiger partial charge in [-0.1, -0.05) is 18.5 Å². The minimum Gasteiger partial charge on any atom is -0.340 e. The van der Waals surface area contributed by atoms with Crippen molar-refractivity contribution in [2.24, 2.45) is 5.92 Å². The molecule has 0 aromatic carbocycles. The van der Waals surface area contributed by atoms with Gasteiger partial charge in [-0.2, -0.15) is 4.31 Å². The zero-order valence-corrected chi connectivity index (χ0v) is 20.5. The topological polar surface area (TPSA) is 86.7 Å². The number of carbonyl (C=O) groups excluding carboxylic acids is 1. The number of halogens is 1. The van der Waals surface area contributed by atoms with Gasteiger partial charge in [0, 0.05) is 63.3 Å². The van der Waals surface area contributed by atoms with E-state index in [1.54, 1.807) is 17.4 Å². The van der Waals surface area contributed by atoms with Gasteiger partial charge in [0.2, 0.25) is 15.9 Å². The van der Waals surface area contributed by atoms with Crippen LogP contribution < -0.4 is 0 Å². The summed E-state index contributed by atoms with van der Waals surface area (Å²) in [5, 5.41) is 3.26. The van der Waals surface area contributed by atoms with Crippen molar-refractivity contribution in [1.82, 2.24) is 24.1 Å². The zero-order valence-electron chi connectivity index (χ0n) is 18.1. The van der Waals surface area contributed by atoms with Crippen molar-refractivity contribution in [3.8, 4) is 0 Å². The first-order valence-corrected chi connectivity index (χ1v) is 13.6. The SMILES string of the molecule is CCc1nc(CN2CCN(C(=O)C3CCN(S(=O)(=O)c4cccnc4Cl)CC3)CC2)cs1. The number of pyridine rings is 1. The Morgan fingerprint density at radius 2 is 1.91 bits per heavy atom. The molecule has 2 saturated heterocycles. The molecule has 0 aliphatic carbocycles. The Morgan fingerprint density at radius 3 is 2.53 bits per heavy atom. The molecule has 2 aromatic heterocycles. The number of rotatable bonds is 6. The summed E-state index contributed by atoms with van der Waals surface area (Å²) in [4.78, 5) is 25.8. The molecule has 0 N–H and O–H groups in total. The molecule has 0 spiro atoms. The van der Waals surface area contributed by atoms with Gasteiger partial charge in [-0.25, -0.2) is 18.4 Å². The van der Waals surface area contributed by atoms with Crippen LogP contribution in [0.4, 0.5) is 0 Å². The summed E-state index contributed by atoms with van der Waals surface area (Å²) in [5.74, 6) is 0.00561. The van der Waals surface area contributed by atoms with Gasteiger partial charge in [-0.3, -0.25) is 9.69 Å². The fourth-order valence-electron chi connectivity index (χ4n) is 4.24. The second-order valence-electron chi connectivity index (χ2n) is 8.16. The summed E-state index contributed by atoms with van der Waals surface area (Å²) in [6.45, 7) is 6.63. The zero-order chi connectivity index (χ0) is 22.7. The van der Waals surface area contributed by atoms with Gasteiger partial charge in [-0.15, -0.1) is 11.3 Å². The number of aromatic nitrogens is 2. The van der Waals surface area contributed by atoms with Crippen LogP contribution in [0.2, 0.25) is 5.15 Å². The molecule has 2 aromatic rings. The van der Waals surface area contributed by atoms with E-state index in [1.165, 1.54) is 16.6 Å². The summed E-state index contributed by atoms with van der Waals surface area (Å²) in [6.07, 6.45) is 3.47. The van der Waals surface area contributed by atoms with Crippen molar-refractivity contribution >= 4 is 38.9 Å². The molecule has 0 atom stereocenters. The number of hydrogen-bond donors (Lipinski definition) is 0. The molecule has 0 unspecified atom stereocenters. The molecule has 4 heterocycles. The fourth-order valence-corrected chi connectivity index (χ4v) is 6.88. The number of nitrogens with zero attached hydrogens (tertiary/aromatic N) is 5. The minimum atomic E-state index is -3.70. The van der Waals surface area contributed by atoms with E-state index < -0.39 is 10.0 Å². The molecule has 0 saturated carbocycles. The van der Waals surface area contributed by atoms with Crippen molar-refractivity contribution in [2.45, 2.75) is 37.6 Å². The lowest BCUT2D eigenvalue weighted by Crippen LogP contribution is -2.51. The number of thiazole rings is 1. The fraction of sp³-hybridized carbons (Fsp3) is 0.571. The minimum absolute atomic E-state index is 0.0212. The standard InChI is InChI=1S/C21H28ClN5O3S2/c1-2-19-24-17(15-31-19)14-25-10-12-26(13-11-25)21(28)16-5-8-27(9-6-16)32(29,30)18-4-3-7-23-20(18)22/h3-4,7,15-16H,2,5-6,8-14H2,1H3. The van der Waals surface area contributed by atoms with Gasteiger partial charge in [0.1, 0.15) is 10.0 Å². The van der Waals surface area contributed by atoms with Crippen LogP contribution in [-0.2, 0) is 27.8 Å². The first-order valence-electron chi connectivity index (χ1n) is 10.9. The molecule has 1 amide bonds. The molecule has 11 heteroatoms. The maximum atomic E-state index is 13.0. The average molecular weight is 498 g/mol. The summed E-state index contributed by atoms with van der Waals surface area (Å²) in [7, 11) is -3.70. The van der Waals surface area contributed by atoms with E-state index in [0.29, 0.717) is 39.0 Å². The van der Waals surface area contributed by atoms with E-state index in [0.717, 1.165) is 36.8 Å². The molecular weight excluding hydrogens is 470 g/mol. The molecule has 4 rings (SSSR count). The third-order valence-corrected chi connectivity index (χ3v) is 9.50. The highest BCUT2D eigenvalue weighted by atomic mass is 35.5. The lowest BCUT2D eigenvalue weighted by atomic mass is 9.96. The predicted molar refractivity (Wildman–Crippen MR) is 124 cm³/mol. The molecule has 0 bridgehead atoms. The van der Waals surface area contributed by atoms with Crippen LogP contribution >= 0.6 is 22.9 Å². The van der Waals surface area contributed by atoms with Gasteiger partial charge >= 0.3 is 0 Å². The number of hydrogen-bond acceptors (Lipinski definition) is 7. The lowest BCUT2D eigenvalue weighted by Gasteiger charge is -2.38. The third-order valence-electron chi connectivity index (χ3n) is 6.12. The van der Waals surface area contributed by atoms with E-state index in [1.807, 2.05) is 4.90 Å². The second kappa shape index (κ2) is 10.1. The van der Waals surface area contributed by atoms with Gasteiger partial charge in [0.25, 0.3) is 0 Å². The molecular formula is C21H28ClN5O3S2. The van der Waals surface area contributed by atoms with Crippen molar-refractivity contribution in [3.05, 3.63) is 39.6 Å². The highest BCUT2D eigenvalue weighted by Gasteiger charge is 2.35. The van der Waals surface area contributed by atoms with Gasteiger partial charge in [0.05, 0.1) is 10.7 Å². The predicted octanol–water partition coefficient (Wildman–Crippen LogP) is 2.50. The molecule has 174 valence electrons. The Bertz CT molecular complexity index is 1050. The Morgan fingerprint density at radius 1 is 1.19 bits per heavy atom. The van der Waals surface area contributed by atoms with Gasteiger partial charge in [0.15, 0.2) is 0 Å². The maximum Gasteiger partial charge on any atom is 0.246 e. The van der Waals surface area contributed by atoms with E-state index in [-0.39, 0.29) is 21.9 Å². The third kappa shape index (κ3) is 5.14. The van der Waals surface area contributed by atoms with Crippen LogP contribution in [0.25, 0.3) is 0 Å². The first kappa shape index (κ1) is 23.6. The average Bonchev–Trinajstić information content (AvgIpc) is 3.27. The second-order valence-corrected chi connectivity index (χ2v) is 11.4. The number of amides is 1. The van der Waals surface area contributed by atoms with Crippen molar-refractivity contribution in [3.63, 3.8) is 0 Å². The van der Waals surface area contributed by atoms with E-state index >= 15 is 0 Å². The Balaban J connectivity index is 1.27. The monoisotopic (exact) mass is 497 g/mol. The smallest absolute Gasteiger partial charge is 0.246 e. The van der Waals surface area contributed by atoms with Crippen LogP contribution in [0.1, 0.15) is 30.5 Å². The number of sulfonamides is 1. The number of carbonyl (C=O) groups is 1. The lowest BCUT2D eigenvalue weighted by molar-refractivity contribution is -0.138. The largest absolute Gasteiger partial charge is 0.340 e. The van der Waals surface area contributed by atoms with Crippen LogP contribution in [0, 0.1) is 5.92 Å². The number of piperazine rings is 1. The van der Waals surface area contributed by atoms with Crippen molar-refractivity contribution in [1.29, 1.82) is 0 Å². The molecule has 32 heavy (non-hydrogen) atoms. The highest BCUT2D eigenvalue weighted by molar-refractivity contribution is 7.89. The van der Waals surface area contributed by atoms with Crippen LogP contribution in [0.15, 0.2) is 28.6 Å². The van der Waals surface area contributed by atoms with Gasteiger partial charge < -0.3 is 4.90 Å². The van der Waals surface area contributed by atoms with E-state index in [2.05, 4.69) is 27.2 Å². The Labute approximate surface area is 198 Å². The van der Waals surface area contributed by atoms with E-state index in [9.17, 15) is 13.2 Å². The normalized spacial score (nSPS) is 19.4. The molecule has 2 aliphatic heterocycles. The molecule has 2 fully saturated rings. The van der Waals surface area contributed by atoms with E-state index in [4.69, 9.17) is 11.6 Å². The summed E-state index contributed by atoms with van der Waals surface area (Å²) in [6, 6.07) is 3.03. The summed E-state index contributed by atoms with van der Waals surface area (Å²) < 4.78 is 27.2. The van der Waals surface area contributed by atoms with Crippen LogP contribution in [0.3, 0.4) is 0 Å².